The Morgan fingerprint density at radius 1 is 1.16 bits per heavy atom. The topological polar surface area (TPSA) is 66.1 Å². The molecule has 2 aromatic carbocycles. The van der Waals surface area contributed by atoms with Crippen molar-refractivity contribution >= 4 is 22.5 Å². The summed E-state index contributed by atoms with van der Waals surface area (Å²) in [5, 5.41) is 0.565. The Morgan fingerprint density at radius 2 is 1.96 bits per heavy atom. The number of rotatable bonds is 3. The highest BCUT2D eigenvalue weighted by molar-refractivity contribution is 6.05. The number of nitrogens with zero attached hydrogens (tertiary/aromatic N) is 2. The smallest absolute Gasteiger partial charge is 0.258 e. The van der Waals surface area contributed by atoms with E-state index in [9.17, 15) is 9.59 Å². The second kappa shape index (κ2) is 5.84. The van der Waals surface area contributed by atoms with Crippen molar-refractivity contribution in [3.8, 4) is 0 Å². The van der Waals surface area contributed by atoms with Gasteiger partial charge in [0.05, 0.1) is 16.8 Å². The first-order valence-corrected chi connectivity index (χ1v) is 8.48. The normalized spacial score (nSPS) is 16.5. The Labute approximate surface area is 145 Å². The molecule has 1 amide bonds. The molecule has 4 rings (SSSR count). The number of hydrogen-bond donors (Lipinski definition) is 1. The van der Waals surface area contributed by atoms with Crippen LogP contribution in [0.1, 0.15) is 29.8 Å². The summed E-state index contributed by atoms with van der Waals surface area (Å²) in [4.78, 5) is 34.3. The molecule has 1 aliphatic heterocycles. The van der Waals surface area contributed by atoms with Gasteiger partial charge in [-0.15, -0.1) is 0 Å². The zero-order chi connectivity index (χ0) is 17.6. The zero-order valence-corrected chi connectivity index (χ0v) is 14.2. The molecule has 1 aliphatic rings. The average Bonchev–Trinajstić information content (AvgIpc) is 2.86. The lowest BCUT2D eigenvalue weighted by molar-refractivity contribution is -0.119. The SMILES string of the molecule is CCN1C(=O)C(Cc2nc3ccccc3c(=O)[nH]2)c2cc(C)ccc21. The summed E-state index contributed by atoms with van der Waals surface area (Å²) < 4.78 is 0. The molecule has 1 unspecified atom stereocenters. The van der Waals surface area contributed by atoms with Crippen LogP contribution in [0.4, 0.5) is 5.69 Å². The molecule has 2 heterocycles. The number of aryl methyl sites for hydroxylation is 1. The highest BCUT2D eigenvalue weighted by Crippen LogP contribution is 2.39. The van der Waals surface area contributed by atoms with E-state index in [0.29, 0.717) is 29.7 Å². The predicted octanol–water partition coefficient (Wildman–Crippen LogP) is 2.92. The number of aromatic nitrogens is 2. The van der Waals surface area contributed by atoms with E-state index in [-0.39, 0.29) is 17.4 Å². The van der Waals surface area contributed by atoms with E-state index in [2.05, 4.69) is 16.0 Å². The lowest BCUT2D eigenvalue weighted by Crippen LogP contribution is -2.29. The van der Waals surface area contributed by atoms with E-state index in [1.54, 1.807) is 11.0 Å². The van der Waals surface area contributed by atoms with E-state index < -0.39 is 0 Å². The first kappa shape index (κ1) is 15.6. The van der Waals surface area contributed by atoms with E-state index in [1.165, 1.54) is 0 Å². The van der Waals surface area contributed by atoms with Gasteiger partial charge < -0.3 is 9.88 Å². The summed E-state index contributed by atoms with van der Waals surface area (Å²) in [6.45, 7) is 4.62. The monoisotopic (exact) mass is 333 g/mol. The van der Waals surface area contributed by atoms with Crippen LogP contribution in [0.3, 0.4) is 0 Å². The highest BCUT2D eigenvalue weighted by atomic mass is 16.2. The molecular formula is C20H19N3O2. The molecule has 0 bridgehead atoms. The van der Waals surface area contributed by atoms with Gasteiger partial charge in [0.15, 0.2) is 0 Å². The van der Waals surface area contributed by atoms with Gasteiger partial charge in [0, 0.05) is 18.7 Å². The number of nitrogens with one attached hydrogen (secondary N) is 1. The molecule has 0 saturated carbocycles. The van der Waals surface area contributed by atoms with Crippen molar-refractivity contribution < 1.29 is 4.79 Å². The Kier molecular flexibility index (Phi) is 3.64. The number of likely N-dealkylation sites (N-methyl/N-ethyl adjacent to an activating group) is 1. The third kappa shape index (κ3) is 2.52. The number of carbonyl (C=O) groups is 1. The second-order valence-electron chi connectivity index (χ2n) is 6.43. The standard InChI is InChI=1S/C20H19N3O2/c1-3-23-17-9-8-12(2)10-14(17)15(20(23)25)11-18-21-16-7-5-4-6-13(16)19(24)22-18/h4-10,15H,3,11H2,1-2H3,(H,21,22,24). The maximum atomic E-state index is 12.9. The Morgan fingerprint density at radius 3 is 2.76 bits per heavy atom. The minimum atomic E-state index is -0.306. The van der Waals surface area contributed by atoms with Crippen molar-refractivity contribution in [3.05, 3.63) is 69.8 Å². The van der Waals surface area contributed by atoms with Crippen LogP contribution in [0.15, 0.2) is 47.3 Å². The zero-order valence-electron chi connectivity index (χ0n) is 14.2. The second-order valence-corrected chi connectivity index (χ2v) is 6.43. The summed E-state index contributed by atoms with van der Waals surface area (Å²) in [6.07, 6.45) is 0.395. The summed E-state index contributed by atoms with van der Waals surface area (Å²) in [6, 6.07) is 13.3. The third-order valence-electron chi connectivity index (χ3n) is 4.79. The van der Waals surface area contributed by atoms with Crippen molar-refractivity contribution in [2.75, 3.05) is 11.4 Å². The van der Waals surface area contributed by atoms with Gasteiger partial charge in [-0.3, -0.25) is 9.59 Å². The van der Waals surface area contributed by atoms with Crippen molar-refractivity contribution in [1.82, 2.24) is 9.97 Å². The minimum Gasteiger partial charge on any atom is -0.312 e. The van der Waals surface area contributed by atoms with Crippen LogP contribution in [-0.2, 0) is 11.2 Å². The number of benzene rings is 2. The van der Waals surface area contributed by atoms with Crippen LogP contribution in [0.25, 0.3) is 10.9 Å². The summed E-state index contributed by atoms with van der Waals surface area (Å²) in [7, 11) is 0. The fourth-order valence-electron chi connectivity index (χ4n) is 3.59. The van der Waals surface area contributed by atoms with Crippen molar-refractivity contribution in [2.45, 2.75) is 26.2 Å². The fraction of sp³-hybridized carbons (Fsp3) is 0.250. The van der Waals surface area contributed by atoms with Crippen LogP contribution in [0.5, 0.6) is 0 Å². The molecule has 0 aliphatic carbocycles. The summed E-state index contributed by atoms with van der Waals surface area (Å²) in [5.74, 6) is 0.311. The van der Waals surface area contributed by atoms with Crippen LogP contribution < -0.4 is 10.5 Å². The number of anilines is 1. The lowest BCUT2D eigenvalue weighted by atomic mass is 9.95. The van der Waals surface area contributed by atoms with Crippen molar-refractivity contribution in [3.63, 3.8) is 0 Å². The van der Waals surface area contributed by atoms with E-state index >= 15 is 0 Å². The third-order valence-corrected chi connectivity index (χ3v) is 4.79. The van der Waals surface area contributed by atoms with Crippen molar-refractivity contribution in [2.24, 2.45) is 0 Å². The van der Waals surface area contributed by atoms with Crippen molar-refractivity contribution in [1.29, 1.82) is 0 Å². The van der Waals surface area contributed by atoms with Gasteiger partial charge in [-0.1, -0.05) is 29.8 Å². The highest BCUT2D eigenvalue weighted by Gasteiger charge is 2.36. The first-order valence-electron chi connectivity index (χ1n) is 8.48. The van der Waals surface area contributed by atoms with E-state index in [0.717, 1.165) is 16.8 Å². The summed E-state index contributed by atoms with van der Waals surface area (Å²) >= 11 is 0. The molecule has 0 spiro atoms. The van der Waals surface area contributed by atoms with Gasteiger partial charge in [-0.2, -0.15) is 0 Å². The average molecular weight is 333 g/mol. The first-order chi connectivity index (χ1) is 12.1. The Hall–Kier alpha value is -2.95. The van der Waals surface area contributed by atoms with E-state index in [1.807, 2.05) is 44.2 Å². The van der Waals surface area contributed by atoms with Gasteiger partial charge in [-0.25, -0.2) is 4.98 Å². The molecule has 0 fully saturated rings. The molecule has 1 atom stereocenters. The lowest BCUT2D eigenvalue weighted by Gasteiger charge is -2.15. The van der Waals surface area contributed by atoms with Crippen LogP contribution in [0.2, 0.25) is 0 Å². The number of amides is 1. The number of fused-ring (bicyclic) bond motifs is 2. The maximum Gasteiger partial charge on any atom is 0.258 e. The van der Waals surface area contributed by atoms with Gasteiger partial charge in [0.1, 0.15) is 5.82 Å². The van der Waals surface area contributed by atoms with Gasteiger partial charge in [-0.05, 0) is 37.6 Å². The largest absolute Gasteiger partial charge is 0.312 e. The molecule has 0 saturated heterocycles. The molecule has 1 aromatic heterocycles. The number of hydrogen-bond acceptors (Lipinski definition) is 3. The molecule has 1 N–H and O–H groups in total. The molecule has 25 heavy (non-hydrogen) atoms. The molecule has 5 nitrogen and oxygen atoms in total. The van der Waals surface area contributed by atoms with E-state index in [4.69, 9.17) is 0 Å². The van der Waals surface area contributed by atoms with Crippen LogP contribution in [0, 0.1) is 6.92 Å². The number of aromatic amines is 1. The number of carbonyl (C=O) groups excluding carboxylic acids is 1. The minimum absolute atomic E-state index is 0.0684. The van der Waals surface area contributed by atoms with Gasteiger partial charge in [0.2, 0.25) is 5.91 Å². The Balaban J connectivity index is 1.77. The van der Waals surface area contributed by atoms with Gasteiger partial charge >= 0.3 is 0 Å². The molecule has 5 heteroatoms. The quantitative estimate of drug-likeness (QED) is 0.801. The molecule has 0 radical (unpaired) electrons. The van der Waals surface area contributed by atoms with Gasteiger partial charge in [0.25, 0.3) is 5.56 Å². The van der Waals surface area contributed by atoms with Crippen LogP contribution in [-0.4, -0.2) is 22.4 Å². The molecular weight excluding hydrogens is 314 g/mol. The molecule has 126 valence electrons. The summed E-state index contributed by atoms with van der Waals surface area (Å²) in [5.41, 5.74) is 3.59. The fourth-order valence-corrected chi connectivity index (χ4v) is 3.59. The predicted molar refractivity (Wildman–Crippen MR) is 98.0 cm³/mol. The number of para-hydroxylation sites is 1. The number of H-pyrrole nitrogens is 1. The Bertz CT molecular complexity index is 1040. The molecule has 3 aromatic rings. The maximum absolute atomic E-state index is 12.9. The van der Waals surface area contributed by atoms with Crippen LogP contribution >= 0.6 is 0 Å².